The summed E-state index contributed by atoms with van der Waals surface area (Å²) in [6.07, 6.45) is 4.47. The van der Waals surface area contributed by atoms with Gasteiger partial charge >= 0.3 is 0 Å². The molecule has 0 bridgehead atoms. The van der Waals surface area contributed by atoms with Gasteiger partial charge in [-0.25, -0.2) is 4.98 Å². The number of rotatable bonds is 4. The number of hydrogen-bond donors (Lipinski definition) is 1. The fourth-order valence-corrected chi connectivity index (χ4v) is 3.47. The van der Waals surface area contributed by atoms with Gasteiger partial charge in [-0.05, 0) is 38.1 Å². The molecule has 0 spiro atoms. The minimum Gasteiger partial charge on any atom is -0.338 e. The van der Waals surface area contributed by atoms with Crippen LogP contribution in [0.15, 0.2) is 30.6 Å². The van der Waals surface area contributed by atoms with Crippen molar-refractivity contribution in [3.8, 4) is 10.7 Å². The van der Waals surface area contributed by atoms with Gasteiger partial charge in [0.15, 0.2) is 0 Å². The van der Waals surface area contributed by atoms with Gasteiger partial charge in [0, 0.05) is 19.3 Å². The zero-order valence-corrected chi connectivity index (χ0v) is 12.8. The van der Waals surface area contributed by atoms with Gasteiger partial charge in [-0.3, -0.25) is 9.78 Å². The van der Waals surface area contributed by atoms with E-state index in [0.29, 0.717) is 10.8 Å². The van der Waals surface area contributed by atoms with Crippen molar-refractivity contribution in [2.24, 2.45) is 5.92 Å². The molecule has 2 aromatic rings. The topological polar surface area (TPSA) is 58.1 Å². The largest absolute Gasteiger partial charge is 0.338 e. The lowest BCUT2D eigenvalue weighted by atomic mass is 10.1. The van der Waals surface area contributed by atoms with Gasteiger partial charge in [-0.15, -0.1) is 11.3 Å². The molecule has 6 heteroatoms. The number of aromatic nitrogens is 2. The molecule has 3 heterocycles. The Labute approximate surface area is 128 Å². The summed E-state index contributed by atoms with van der Waals surface area (Å²) in [5.41, 5.74) is 0.816. The van der Waals surface area contributed by atoms with E-state index in [0.717, 1.165) is 36.8 Å². The normalized spacial score (nSPS) is 18.1. The minimum atomic E-state index is 0.0910. The van der Waals surface area contributed by atoms with Crippen LogP contribution in [0.5, 0.6) is 0 Å². The van der Waals surface area contributed by atoms with E-state index in [1.165, 1.54) is 11.3 Å². The monoisotopic (exact) mass is 302 g/mol. The highest BCUT2D eigenvalue weighted by Gasteiger charge is 2.27. The molecular formula is C15H18N4OS. The van der Waals surface area contributed by atoms with Gasteiger partial charge in [0.25, 0.3) is 5.91 Å². The van der Waals surface area contributed by atoms with E-state index in [1.807, 2.05) is 30.1 Å². The van der Waals surface area contributed by atoms with Crippen LogP contribution in [0.25, 0.3) is 10.7 Å². The lowest BCUT2D eigenvalue weighted by Crippen LogP contribution is -2.29. The number of hydrogen-bond acceptors (Lipinski definition) is 5. The molecule has 0 radical (unpaired) electrons. The number of thiazole rings is 1. The van der Waals surface area contributed by atoms with E-state index < -0.39 is 0 Å². The Hall–Kier alpha value is -1.79. The minimum absolute atomic E-state index is 0.0910. The van der Waals surface area contributed by atoms with Crippen LogP contribution < -0.4 is 5.32 Å². The summed E-state index contributed by atoms with van der Waals surface area (Å²) in [4.78, 5) is 23.7. The van der Waals surface area contributed by atoms with E-state index in [1.54, 1.807) is 12.4 Å². The fourth-order valence-electron chi connectivity index (χ4n) is 2.61. The first kappa shape index (κ1) is 14.2. The lowest BCUT2D eigenvalue weighted by Gasteiger charge is -2.15. The molecule has 1 atom stereocenters. The molecule has 2 aromatic heterocycles. The average Bonchev–Trinajstić information content (AvgIpc) is 3.17. The van der Waals surface area contributed by atoms with Crippen LogP contribution in [-0.2, 0) is 0 Å². The standard InChI is InChI=1S/C15H18N4OS/c1-16-8-11-5-7-19(10-11)15(20)13-9-18-14(21-13)12-4-2-3-6-17-12/h2-4,6,9,11,16H,5,7-8,10H2,1H3. The molecule has 1 saturated heterocycles. The number of nitrogens with zero attached hydrogens (tertiary/aromatic N) is 3. The van der Waals surface area contributed by atoms with Crippen molar-refractivity contribution in [1.29, 1.82) is 0 Å². The predicted molar refractivity (Wildman–Crippen MR) is 83.3 cm³/mol. The SMILES string of the molecule is CNCC1CCN(C(=O)c2cnc(-c3ccccn3)s2)C1. The third kappa shape index (κ3) is 3.11. The molecular weight excluding hydrogens is 284 g/mol. The third-order valence-corrected chi connectivity index (χ3v) is 4.67. The third-order valence-electron chi connectivity index (χ3n) is 3.67. The molecule has 1 unspecified atom stereocenters. The molecule has 1 amide bonds. The molecule has 1 aliphatic heterocycles. The van der Waals surface area contributed by atoms with E-state index in [4.69, 9.17) is 0 Å². The highest BCUT2D eigenvalue weighted by Crippen LogP contribution is 2.26. The zero-order chi connectivity index (χ0) is 14.7. The number of nitrogens with one attached hydrogen (secondary N) is 1. The summed E-state index contributed by atoms with van der Waals surface area (Å²) in [5.74, 6) is 0.649. The van der Waals surface area contributed by atoms with Crippen LogP contribution in [0, 0.1) is 5.92 Å². The molecule has 1 N–H and O–H groups in total. The molecule has 3 rings (SSSR count). The first-order valence-electron chi connectivity index (χ1n) is 7.09. The highest BCUT2D eigenvalue weighted by molar-refractivity contribution is 7.16. The van der Waals surface area contributed by atoms with E-state index in [9.17, 15) is 4.79 Å². The Kier molecular flexibility index (Phi) is 4.26. The molecule has 0 saturated carbocycles. The second kappa shape index (κ2) is 6.32. The van der Waals surface area contributed by atoms with Crippen molar-refractivity contribution in [2.75, 3.05) is 26.7 Å². The summed E-state index contributed by atoms with van der Waals surface area (Å²) in [7, 11) is 1.95. The number of likely N-dealkylation sites (tertiary alicyclic amines) is 1. The Morgan fingerprint density at radius 1 is 1.48 bits per heavy atom. The fraction of sp³-hybridized carbons (Fsp3) is 0.400. The first-order chi connectivity index (χ1) is 10.3. The van der Waals surface area contributed by atoms with Gasteiger partial charge in [0.05, 0.1) is 11.9 Å². The number of pyridine rings is 1. The van der Waals surface area contributed by atoms with Crippen LogP contribution in [-0.4, -0.2) is 47.5 Å². The van der Waals surface area contributed by atoms with E-state index in [2.05, 4.69) is 15.3 Å². The summed E-state index contributed by atoms with van der Waals surface area (Å²) < 4.78 is 0. The summed E-state index contributed by atoms with van der Waals surface area (Å²) in [6, 6.07) is 5.70. The van der Waals surface area contributed by atoms with Gasteiger partial charge in [-0.2, -0.15) is 0 Å². The molecule has 21 heavy (non-hydrogen) atoms. The van der Waals surface area contributed by atoms with Gasteiger partial charge in [-0.1, -0.05) is 6.07 Å². The van der Waals surface area contributed by atoms with Crippen molar-refractivity contribution >= 4 is 17.2 Å². The second-order valence-electron chi connectivity index (χ2n) is 5.21. The quantitative estimate of drug-likeness (QED) is 0.937. The molecule has 110 valence electrons. The Morgan fingerprint density at radius 3 is 3.14 bits per heavy atom. The summed E-state index contributed by atoms with van der Waals surface area (Å²) >= 11 is 1.42. The van der Waals surface area contributed by atoms with Crippen LogP contribution in [0.4, 0.5) is 0 Å². The maximum Gasteiger partial charge on any atom is 0.265 e. The molecule has 0 aliphatic carbocycles. The Balaban J connectivity index is 1.70. The Morgan fingerprint density at radius 2 is 2.38 bits per heavy atom. The van der Waals surface area contributed by atoms with Crippen molar-refractivity contribution < 1.29 is 4.79 Å². The van der Waals surface area contributed by atoms with E-state index in [-0.39, 0.29) is 5.91 Å². The van der Waals surface area contributed by atoms with Crippen molar-refractivity contribution in [3.63, 3.8) is 0 Å². The maximum atomic E-state index is 12.5. The maximum absolute atomic E-state index is 12.5. The molecule has 1 aliphatic rings. The van der Waals surface area contributed by atoms with Gasteiger partial charge in [0.1, 0.15) is 9.88 Å². The van der Waals surface area contributed by atoms with Gasteiger partial charge in [0.2, 0.25) is 0 Å². The average molecular weight is 302 g/mol. The van der Waals surface area contributed by atoms with Crippen LogP contribution >= 0.6 is 11.3 Å². The first-order valence-corrected chi connectivity index (χ1v) is 7.90. The van der Waals surface area contributed by atoms with Crippen LogP contribution in [0.2, 0.25) is 0 Å². The number of carbonyl (C=O) groups excluding carboxylic acids is 1. The predicted octanol–water partition coefficient (Wildman–Crippen LogP) is 1.89. The second-order valence-corrected chi connectivity index (χ2v) is 6.24. The van der Waals surface area contributed by atoms with Gasteiger partial charge < -0.3 is 10.2 Å². The van der Waals surface area contributed by atoms with E-state index >= 15 is 0 Å². The lowest BCUT2D eigenvalue weighted by molar-refractivity contribution is 0.0792. The van der Waals surface area contributed by atoms with Crippen molar-refractivity contribution in [2.45, 2.75) is 6.42 Å². The Bertz CT molecular complexity index is 613. The van der Waals surface area contributed by atoms with Crippen LogP contribution in [0.1, 0.15) is 16.1 Å². The smallest absolute Gasteiger partial charge is 0.265 e. The number of amides is 1. The van der Waals surface area contributed by atoms with Crippen LogP contribution in [0.3, 0.4) is 0 Å². The highest BCUT2D eigenvalue weighted by atomic mass is 32.1. The molecule has 5 nitrogen and oxygen atoms in total. The van der Waals surface area contributed by atoms with Crippen molar-refractivity contribution in [1.82, 2.24) is 20.2 Å². The zero-order valence-electron chi connectivity index (χ0n) is 12.0. The van der Waals surface area contributed by atoms with Crippen molar-refractivity contribution in [3.05, 3.63) is 35.5 Å². The molecule has 0 aromatic carbocycles. The summed E-state index contributed by atoms with van der Waals surface area (Å²) in [5, 5.41) is 3.97. The molecule has 1 fully saturated rings. The number of carbonyl (C=O) groups is 1. The summed E-state index contributed by atoms with van der Waals surface area (Å²) in [6.45, 7) is 2.63.